The average molecular weight is 315 g/mol. The van der Waals surface area contributed by atoms with E-state index in [0.717, 1.165) is 25.7 Å². The van der Waals surface area contributed by atoms with Crippen LogP contribution in [0.15, 0.2) is 16.7 Å². The minimum absolute atomic E-state index is 0.150. The lowest BCUT2D eigenvalue weighted by Crippen LogP contribution is -2.31. The van der Waals surface area contributed by atoms with Gasteiger partial charge in [-0.25, -0.2) is 0 Å². The molecule has 3 heterocycles. The van der Waals surface area contributed by atoms with E-state index in [0.29, 0.717) is 35.8 Å². The zero-order valence-electron chi connectivity index (χ0n) is 12.8. The molecule has 1 atom stereocenters. The number of aromatic nitrogens is 4. The molecule has 1 saturated carbocycles. The van der Waals surface area contributed by atoms with Gasteiger partial charge < -0.3 is 14.2 Å². The van der Waals surface area contributed by atoms with Crippen molar-refractivity contribution in [2.45, 2.75) is 37.6 Å². The summed E-state index contributed by atoms with van der Waals surface area (Å²) in [6.07, 6.45) is 3.96. The van der Waals surface area contributed by atoms with Gasteiger partial charge in [-0.15, -0.1) is 10.2 Å². The molecule has 4 rings (SSSR count). The van der Waals surface area contributed by atoms with Gasteiger partial charge in [-0.2, -0.15) is 4.98 Å². The van der Waals surface area contributed by atoms with E-state index in [1.807, 2.05) is 0 Å². The van der Waals surface area contributed by atoms with Crippen LogP contribution in [0.2, 0.25) is 0 Å². The molecule has 0 aromatic carbocycles. The number of carbonyl (C=O) groups is 1. The van der Waals surface area contributed by atoms with Crippen molar-refractivity contribution in [3.63, 3.8) is 0 Å². The predicted molar refractivity (Wildman–Crippen MR) is 77.9 cm³/mol. The van der Waals surface area contributed by atoms with Gasteiger partial charge in [0.2, 0.25) is 11.8 Å². The number of hydrogen-bond acceptors (Lipinski definition) is 7. The zero-order chi connectivity index (χ0) is 15.8. The molecule has 8 nitrogen and oxygen atoms in total. The minimum atomic E-state index is -0.166. The summed E-state index contributed by atoms with van der Waals surface area (Å²) < 4.78 is 10.3. The van der Waals surface area contributed by atoms with Crippen LogP contribution < -0.4 is 4.74 Å². The number of hydrogen-bond donors (Lipinski definition) is 0. The van der Waals surface area contributed by atoms with Crippen LogP contribution in [-0.4, -0.2) is 44.8 Å². The molecule has 2 fully saturated rings. The highest BCUT2D eigenvalue weighted by Gasteiger charge is 2.36. The number of nitrogens with zero attached hydrogens (tertiary/aromatic N) is 5. The van der Waals surface area contributed by atoms with Crippen LogP contribution in [-0.2, 0) is 0 Å². The monoisotopic (exact) mass is 315 g/mol. The van der Waals surface area contributed by atoms with Gasteiger partial charge in [0.05, 0.1) is 13.2 Å². The van der Waals surface area contributed by atoms with Crippen LogP contribution in [0.25, 0.3) is 0 Å². The Morgan fingerprint density at radius 1 is 1.30 bits per heavy atom. The number of amides is 1. The summed E-state index contributed by atoms with van der Waals surface area (Å²) in [4.78, 5) is 18.9. The Morgan fingerprint density at radius 2 is 2.17 bits per heavy atom. The normalized spacial score (nSPS) is 20.7. The molecule has 1 aliphatic heterocycles. The van der Waals surface area contributed by atoms with E-state index >= 15 is 0 Å². The van der Waals surface area contributed by atoms with Crippen LogP contribution in [0, 0.1) is 0 Å². The fourth-order valence-corrected chi connectivity index (χ4v) is 2.85. The van der Waals surface area contributed by atoms with Gasteiger partial charge in [0.1, 0.15) is 0 Å². The predicted octanol–water partition coefficient (Wildman–Crippen LogP) is 1.72. The van der Waals surface area contributed by atoms with Crippen LogP contribution in [0.5, 0.6) is 5.88 Å². The molecule has 0 spiro atoms. The van der Waals surface area contributed by atoms with E-state index in [9.17, 15) is 4.79 Å². The van der Waals surface area contributed by atoms with Gasteiger partial charge in [-0.1, -0.05) is 5.16 Å². The lowest BCUT2D eigenvalue weighted by atomic mass is 10.2. The second-order valence-electron chi connectivity index (χ2n) is 5.88. The summed E-state index contributed by atoms with van der Waals surface area (Å²) in [5.74, 6) is 1.92. The molecule has 2 aromatic rings. The van der Waals surface area contributed by atoms with E-state index in [1.165, 1.54) is 7.11 Å². The van der Waals surface area contributed by atoms with E-state index < -0.39 is 0 Å². The SMILES string of the molecule is COc1ccc(C(=O)N2CCC[C@@H]2c2noc(C3CC3)n2)nn1. The fraction of sp³-hybridized carbons (Fsp3) is 0.533. The third-order valence-electron chi connectivity index (χ3n) is 4.26. The summed E-state index contributed by atoms with van der Waals surface area (Å²) in [7, 11) is 1.51. The maximum absolute atomic E-state index is 12.7. The van der Waals surface area contributed by atoms with Crippen LogP contribution in [0.3, 0.4) is 0 Å². The second kappa shape index (κ2) is 5.60. The Bertz CT molecular complexity index is 710. The highest BCUT2D eigenvalue weighted by Crippen LogP contribution is 2.40. The van der Waals surface area contributed by atoms with E-state index in [-0.39, 0.29) is 11.9 Å². The van der Waals surface area contributed by atoms with Gasteiger partial charge in [0.25, 0.3) is 5.91 Å². The molecule has 0 unspecified atom stereocenters. The molecular weight excluding hydrogens is 298 g/mol. The molecule has 1 amide bonds. The van der Waals surface area contributed by atoms with Crippen molar-refractivity contribution in [2.24, 2.45) is 0 Å². The van der Waals surface area contributed by atoms with Crippen LogP contribution in [0.4, 0.5) is 0 Å². The Balaban J connectivity index is 1.54. The average Bonchev–Trinajstić information content (AvgIpc) is 3.13. The van der Waals surface area contributed by atoms with Gasteiger partial charge in [-0.05, 0) is 31.7 Å². The molecule has 2 aromatic heterocycles. The lowest BCUT2D eigenvalue weighted by Gasteiger charge is -2.21. The first kappa shape index (κ1) is 14.1. The molecule has 2 aliphatic rings. The molecule has 1 saturated heterocycles. The fourth-order valence-electron chi connectivity index (χ4n) is 2.85. The maximum Gasteiger partial charge on any atom is 0.274 e. The highest BCUT2D eigenvalue weighted by molar-refractivity contribution is 5.92. The molecular formula is C15H17N5O3. The first-order valence-corrected chi connectivity index (χ1v) is 7.78. The summed E-state index contributed by atoms with van der Waals surface area (Å²) in [6.45, 7) is 0.657. The largest absolute Gasteiger partial charge is 0.480 e. The molecule has 0 N–H and O–H groups in total. The first-order valence-electron chi connectivity index (χ1n) is 7.78. The number of methoxy groups -OCH3 is 1. The Labute approximate surface area is 132 Å². The zero-order valence-corrected chi connectivity index (χ0v) is 12.8. The smallest absolute Gasteiger partial charge is 0.274 e. The Morgan fingerprint density at radius 3 is 2.87 bits per heavy atom. The molecule has 120 valence electrons. The summed E-state index contributed by atoms with van der Waals surface area (Å²) >= 11 is 0. The number of likely N-dealkylation sites (tertiary alicyclic amines) is 1. The summed E-state index contributed by atoms with van der Waals surface area (Å²) in [5.41, 5.74) is 0.295. The van der Waals surface area contributed by atoms with Crippen molar-refractivity contribution in [3.8, 4) is 5.88 Å². The van der Waals surface area contributed by atoms with Crippen molar-refractivity contribution >= 4 is 5.91 Å². The maximum atomic E-state index is 12.7. The molecule has 0 bridgehead atoms. The lowest BCUT2D eigenvalue weighted by molar-refractivity contribution is 0.0721. The van der Waals surface area contributed by atoms with Gasteiger partial charge in [0.15, 0.2) is 11.5 Å². The van der Waals surface area contributed by atoms with Crippen LogP contribution in [0.1, 0.15) is 59.8 Å². The third-order valence-corrected chi connectivity index (χ3v) is 4.26. The number of carbonyl (C=O) groups excluding carboxylic acids is 1. The molecule has 1 aliphatic carbocycles. The summed E-state index contributed by atoms with van der Waals surface area (Å²) in [5, 5.41) is 11.9. The Kier molecular flexibility index (Phi) is 3.44. The number of rotatable bonds is 4. The third kappa shape index (κ3) is 2.64. The molecule has 23 heavy (non-hydrogen) atoms. The van der Waals surface area contributed by atoms with Crippen molar-refractivity contribution in [3.05, 3.63) is 29.5 Å². The van der Waals surface area contributed by atoms with Gasteiger partial charge in [-0.3, -0.25) is 4.79 Å². The standard InChI is InChI=1S/C15H17N5O3/c1-22-12-7-6-10(17-18-12)15(21)20-8-2-3-11(20)13-16-14(23-19-13)9-4-5-9/h6-7,9,11H,2-5,8H2,1H3/t11-/m1/s1. The number of ether oxygens (including phenoxy) is 1. The highest BCUT2D eigenvalue weighted by atomic mass is 16.5. The molecule has 0 radical (unpaired) electrons. The van der Waals surface area contributed by atoms with Crippen molar-refractivity contribution < 1.29 is 14.1 Å². The van der Waals surface area contributed by atoms with Gasteiger partial charge in [0, 0.05) is 18.5 Å². The summed E-state index contributed by atoms with van der Waals surface area (Å²) in [6, 6.07) is 3.10. The van der Waals surface area contributed by atoms with Gasteiger partial charge >= 0.3 is 0 Å². The van der Waals surface area contributed by atoms with Crippen molar-refractivity contribution in [1.82, 2.24) is 25.2 Å². The quantitative estimate of drug-likeness (QED) is 0.847. The topological polar surface area (TPSA) is 94.2 Å². The minimum Gasteiger partial charge on any atom is -0.480 e. The van der Waals surface area contributed by atoms with Crippen molar-refractivity contribution in [1.29, 1.82) is 0 Å². The van der Waals surface area contributed by atoms with Crippen molar-refractivity contribution in [2.75, 3.05) is 13.7 Å². The van der Waals surface area contributed by atoms with E-state index in [1.54, 1.807) is 17.0 Å². The first-order chi connectivity index (χ1) is 11.3. The Hall–Kier alpha value is -2.51. The van der Waals surface area contributed by atoms with E-state index in [4.69, 9.17) is 9.26 Å². The second-order valence-corrected chi connectivity index (χ2v) is 5.88. The van der Waals surface area contributed by atoms with E-state index in [2.05, 4.69) is 20.3 Å². The van der Waals surface area contributed by atoms with Crippen LogP contribution >= 0.6 is 0 Å². The molecule has 8 heteroatoms.